The summed E-state index contributed by atoms with van der Waals surface area (Å²) in [5.41, 5.74) is 0. The van der Waals surface area contributed by atoms with E-state index in [9.17, 15) is 52.6 Å². The summed E-state index contributed by atoms with van der Waals surface area (Å²) in [6.07, 6.45) is -6.24. The molecule has 8 atom stereocenters. The quantitative estimate of drug-likeness (QED) is 0.0253. The Balaban J connectivity index is 3.78. The van der Waals surface area contributed by atoms with Gasteiger partial charge < -0.3 is 43.1 Å². The van der Waals surface area contributed by atoms with Crippen molar-refractivity contribution in [1.82, 2.24) is 0 Å². The van der Waals surface area contributed by atoms with Gasteiger partial charge in [0, 0.05) is 38.5 Å². The summed E-state index contributed by atoms with van der Waals surface area (Å²) in [5.74, 6) is -5.30. The summed E-state index contributed by atoms with van der Waals surface area (Å²) in [6, 6.07) is 0. The molecular formula is C41H72O20P2. The highest BCUT2D eigenvalue weighted by atomic mass is 31.2. The predicted octanol–water partition coefficient (Wildman–Crippen LogP) is 7.00. The lowest BCUT2D eigenvalue weighted by Gasteiger charge is -2.47. The van der Waals surface area contributed by atoms with E-state index in [0.717, 1.165) is 51.4 Å². The van der Waals surface area contributed by atoms with Gasteiger partial charge in [-0.1, -0.05) is 92.9 Å². The van der Waals surface area contributed by atoms with Crippen molar-refractivity contribution in [2.45, 2.75) is 213 Å². The smallest absolute Gasteiger partial charge is 0.462 e. The fourth-order valence-electron chi connectivity index (χ4n) is 6.44. The second-order valence-electron chi connectivity index (χ2n) is 15.3. The van der Waals surface area contributed by atoms with E-state index in [2.05, 4.69) is 6.92 Å². The number of rotatable bonds is 34. The molecular weight excluding hydrogens is 874 g/mol. The van der Waals surface area contributed by atoms with Crippen LogP contribution >= 0.6 is 15.6 Å². The Morgan fingerprint density at radius 1 is 0.429 bits per heavy atom. The van der Waals surface area contributed by atoms with Gasteiger partial charge in [0.25, 0.3) is 0 Å². The molecule has 1 saturated carbocycles. The number of phosphoric acid groups is 2. The number of hydrogen-bond acceptors (Lipinski definition) is 17. The Hall–Kier alpha value is -2.96. The first-order valence-electron chi connectivity index (χ1n) is 22.4. The molecule has 1 aliphatic carbocycles. The minimum atomic E-state index is -5.66. The second-order valence-corrected chi connectivity index (χ2v) is 17.9. The number of phosphoric ester groups is 2. The third-order valence-electron chi connectivity index (χ3n) is 9.46. The monoisotopic (exact) mass is 946 g/mol. The van der Waals surface area contributed by atoms with Crippen molar-refractivity contribution in [3.63, 3.8) is 0 Å². The number of carbonyl (C=O) groups excluding carboxylic acids is 6. The molecule has 366 valence electrons. The Bertz CT molecular complexity index is 1490. The van der Waals surface area contributed by atoms with Crippen molar-refractivity contribution in [2.75, 3.05) is 13.2 Å². The molecule has 1 rings (SSSR count). The van der Waals surface area contributed by atoms with Gasteiger partial charge in [-0.2, -0.15) is 0 Å². The fraction of sp³-hybridized carbons (Fsp3) is 0.854. The second kappa shape index (κ2) is 31.8. The number of esters is 6. The number of ether oxygens (including phenoxy) is 6. The highest BCUT2D eigenvalue weighted by Gasteiger charge is 2.62. The van der Waals surface area contributed by atoms with Crippen LogP contribution in [0, 0.1) is 0 Å². The van der Waals surface area contributed by atoms with E-state index in [1.54, 1.807) is 27.7 Å². The Morgan fingerprint density at radius 3 is 1.19 bits per heavy atom. The molecule has 0 spiro atoms. The third-order valence-corrected chi connectivity index (χ3v) is 11.0. The zero-order valence-corrected chi connectivity index (χ0v) is 39.6. The molecule has 63 heavy (non-hydrogen) atoms. The molecule has 0 aliphatic heterocycles. The average molecular weight is 947 g/mol. The normalized spacial score (nSPS) is 21.3. The molecule has 1 unspecified atom stereocenters. The number of unbranched alkanes of at least 4 members (excludes halogenated alkanes) is 8. The van der Waals surface area contributed by atoms with Gasteiger partial charge in [0.15, 0.2) is 30.5 Å². The van der Waals surface area contributed by atoms with Crippen molar-refractivity contribution in [3.8, 4) is 0 Å². The van der Waals surface area contributed by atoms with Crippen LogP contribution in [0.1, 0.15) is 170 Å². The summed E-state index contributed by atoms with van der Waals surface area (Å²) in [7, 11) is -11.2. The van der Waals surface area contributed by atoms with Crippen LogP contribution in [0.25, 0.3) is 0 Å². The van der Waals surface area contributed by atoms with Crippen LogP contribution < -0.4 is 0 Å². The molecule has 22 heteroatoms. The summed E-state index contributed by atoms with van der Waals surface area (Å²) >= 11 is 0. The van der Waals surface area contributed by atoms with Crippen molar-refractivity contribution < 1.29 is 94.6 Å². The first kappa shape index (κ1) is 58.1. The molecule has 0 amide bonds. The van der Waals surface area contributed by atoms with Crippen LogP contribution in [0.4, 0.5) is 0 Å². The standard InChI is InChI=1S/C41H72O20P2/c1-7-13-15-17-19-25-30(42)53-27-29(55-35(47)26-20-18-16-14-8-2)28-54-63(51,52)61-41-38(58-33(45)23-11-5)36(56-31(43)21-9-3)37(57-32(44)22-10-4)40(60-62(48,49)50)39(41)59-34(46)24-12-6/h29,36-41H,7-28H2,1-6H3,(H,51,52)(H2,48,49,50)/t29-,36+,37+,38-,39-,40-,41+/m1/s1. The maximum Gasteiger partial charge on any atom is 0.472 e. The van der Waals surface area contributed by atoms with Crippen molar-refractivity contribution in [2.24, 2.45) is 0 Å². The molecule has 0 saturated heterocycles. The van der Waals surface area contributed by atoms with Crippen LogP contribution in [0.15, 0.2) is 0 Å². The molecule has 0 heterocycles. The first-order chi connectivity index (χ1) is 29.8. The lowest BCUT2D eigenvalue weighted by molar-refractivity contribution is -0.248. The third kappa shape index (κ3) is 24.8. The molecule has 0 aromatic carbocycles. The van der Waals surface area contributed by atoms with Gasteiger partial charge in [-0.3, -0.25) is 42.3 Å². The first-order valence-corrected chi connectivity index (χ1v) is 25.4. The van der Waals surface area contributed by atoms with E-state index in [0.29, 0.717) is 12.8 Å². The van der Waals surface area contributed by atoms with Gasteiger partial charge in [-0.15, -0.1) is 0 Å². The predicted molar refractivity (Wildman–Crippen MR) is 224 cm³/mol. The van der Waals surface area contributed by atoms with Gasteiger partial charge in [-0.25, -0.2) is 9.13 Å². The van der Waals surface area contributed by atoms with Gasteiger partial charge >= 0.3 is 51.5 Å². The van der Waals surface area contributed by atoms with Crippen molar-refractivity contribution in [3.05, 3.63) is 0 Å². The zero-order valence-electron chi connectivity index (χ0n) is 37.8. The largest absolute Gasteiger partial charge is 0.472 e. The van der Waals surface area contributed by atoms with Gasteiger partial charge in [0.05, 0.1) is 6.61 Å². The van der Waals surface area contributed by atoms with Crippen molar-refractivity contribution in [1.29, 1.82) is 0 Å². The summed E-state index contributed by atoms with van der Waals surface area (Å²) in [4.78, 5) is 109. The lowest BCUT2D eigenvalue weighted by atomic mass is 9.84. The van der Waals surface area contributed by atoms with Crippen LogP contribution in [-0.4, -0.2) is 106 Å². The van der Waals surface area contributed by atoms with E-state index in [1.165, 1.54) is 0 Å². The minimum Gasteiger partial charge on any atom is -0.462 e. The molecule has 1 fully saturated rings. The van der Waals surface area contributed by atoms with Gasteiger partial charge in [0.2, 0.25) is 0 Å². The number of hydrogen-bond donors (Lipinski definition) is 3. The molecule has 0 aromatic heterocycles. The highest BCUT2D eigenvalue weighted by molar-refractivity contribution is 7.47. The van der Waals surface area contributed by atoms with Crippen molar-refractivity contribution >= 4 is 51.5 Å². The molecule has 20 nitrogen and oxygen atoms in total. The highest BCUT2D eigenvalue weighted by Crippen LogP contribution is 2.51. The van der Waals surface area contributed by atoms with E-state index in [4.69, 9.17) is 42.0 Å². The zero-order chi connectivity index (χ0) is 47.4. The fourth-order valence-corrected chi connectivity index (χ4v) is 7.96. The summed E-state index contributed by atoms with van der Waals surface area (Å²) in [5, 5.41) is 0. The molecule has 1 aliphatic rings. The summed E-state index contributed by atoms with van der Waals surface area (Å²) < 4.78 is 75.7. The van der Waals surface area contributed by atoms with Crippen LogP contribution in [-0.2, 0) is 79.9 Å². The van der Waals surface area contributed by atoms with Gasteiger partial charge in [-0.05, 0) is 38.5 Å². The Morgan fingerprint density at radius 2 is 0.794 bits per heavy atom. The van der Waals surface area contributed by atoms with Crippen LogP contribution in [0.2, 0.25) is 0 Å². The lowest BCUT2D eigenvalue weighted by Crippen LogP contribution is -2.68. The maximum absolute atomic E-state index is 14.0. The van der Waals surface area contributed by atoms with Crippen LogP contribution in [0.5, 0.6) is 0 Å². The SMILES string of the molecule is CCCCCCCC(=O)OC[C@H](COP(=O)(O)O[C@H]1[C@H](OC(=O)CCC)[C@@H](OC(=O)CCC)[C@H](OC(=O)CCC)[C@@H](OP(=O)(O)O)[C@H]1OC(=O)CCC)OC(=O)CCCCCCC. The molecule has 3 N–H and O–H groups in total. The van der Waals surface area contributed by atoms with Crippen LogP contribution in [0.3, 0.4) is 0 Å². The minimum absolute atomic E-state index is 0.0142. The Labute approximate surface area is 371 Å². The molecule has 0 aromatic rings. The number of carbonyl (C=O) groups is 6. The molecule has 0 bridgehead atoms. The maximum atomic E-state index is 14.0. The topological polar surface area (TPSA) is 280 Å². The van der Waals surface area contributed by atoms with E-state index in [1.807, 2.05) is 6.92 Å². The molecule has 0 radical (unpaired) electrons. The van der Waals surface area contributed by atoms with E-state index < -0.39 is 107 Å². The van der Waals surface area contributed by atoms with Gasteiger partial charge in [0.1, 0.15) is 18.8 Å². The Kier molecular flexibility index (Phi) is 29.3. The van der Waals surface area contributed by atoms with E-state index >= 15 is 0 Å². The summed E-state index contributed by atoms with van der Waals surface area (Å²) in [6.45, 7) is 9.08. The average Bonchev–Trinajstić information content (AvgIpc) is 3.19. The van der Waals surface area contributed by atoms with E-state index in [-0.39, 0.29) is 64.2 Å².